The Morgan fingerprint density at radius 2 is 1.90 bits per heavy atom. The fraction of sp³-hybridized carbons (Fsp3) is 0.667. The zero-order valence-corrected chi connectivity index (χ0v) is 13.0. The molecule has 0 amide bonds. The number of ether oxygens (including phenoxy) is 1. The van der Waals surface area contributed by atoms with Crippen LogP contribution in [-0.2, 0) is 0 Å². The normalized spacial score (nSPS) is 28.1. The van der Waals surface area contributed by atoms with Gasteiger partial charge in [0, 0.05) is 17.9 Å². The molecule has 0 saturated heterocycles. The number of aryl methyl sites for hydroxylation is 1. The van der Waals surface area contributed by atoms with Crippen molar-refractivity contribution < 1.29 is 4.74 Å². The van der Waals surface area contributed by atoms with Crippen molar-refractivity contribution in [2.24, 2.45) is 5.41 Å². The molecule has 0 bridgehead atoms. The van der Waals surface area contributed by atoms with Crippen LogP contribution < -0.4 is 10.1 Å². The highest BCUT2D eigenvalue weighted by Crippen LogP contribution is 2.53. The average Bonchev–Trinajstić information content (AvgIpc) is 2.48. The van der Waals surface area contributed by atoms with Gasteiger partial charge in [-0.15, -0.1) is 0 Å². The maximum Gasteiger partial charge on any atom is 0.122 e. The van der Waals surface area contributed by atoms with E-state index >= 15 is 0 Å². The SMILES string of the molecule is CNC1CC(Oc2cccc(C)c2C)C12CCCCC2. The van der Waals surface area contributed by atoms with Crippen molar-refractivity contribution in [3.8, 4) is 5.75 Å². The first-order valence-corrected chi connectivity index (χ1v) is 8.07. The summed E-state index contributed by atoms with van der Waals surface area (Å²) in [5.74, 6) is 1.09. The number of nitrogens with one attached hydrogen (secondary N) is 1. The summed E-state index contributed by atoms with van der Waals surface area (Å²) in [5.41, 5.74) is 3.01. The monoisotopic (exact) mass is 273 g/mol. The Bertz CT molecular complexity index is 476. The zero-order valence-electron chi connectivity index (χ0n) is 13.0. The van der Waals surface area contributed by atoms with E-state index in [2.05, 4.69) is 44.4 Å². The smallest absolute Gasteiger partial charge is 0.122 e. The van der Waals surface area contributed by atoms with E-state index in [1.54, 1.807) is 0 Å². The van der Waals surface area contributed by atoms with Crippen molar-refractivity contribution in [2.45, 2.75) is 64.5 Å². The minimum absolute atomic E-state index is 0.392. The molecule has 2 unspecified atom stereocenters. The maximum absolute atomic E-state index is 6.45. The Hall–Kier alpha value is -1.02. The average molecular weight is 273 g/mol. The van der Waals surface area contributed by atoms with E-state index in [1.807, 2.05) is 0 Å². The molecule has 2 nitrogen and oxygen atoms in total. The molecule has 2 heteroatoms. The van der Waals surface area contributed by atoms with Crippen LogP contribution in [0.4, 0.5) is 0 Å². The summed E-state index contributed by atoms with van der Waals surface area (Å²) in [7, 11) is 2.11. The molecule has 0 radical (unpaired) electrons. The molecule has 1 aromatic rings. The highest BCUT2D eigenvalue weighted by Gasteiger charge is 2.55. The maximum atomic E-state index is 6.45. The summed E-state index contributed by atoms with van der Waals surface area (Å²) in [6.45, 7) is 4.34. The molecule has 0 heterocycles. The molecule has 3 rings (SSSR count). The van der Waals surface area contributed by atoms with E-state index in [4.69, 9.17) is 4.74 Å². The topological polar surface area (TPSA) is 21.3 Å². The van der Waals surface area contributed by atoms with E-state index in [0.717, 1.165) is 12.2 Å². The van der Waals surface area contributed by atoms with Crippen molar-refractivity contribution >= 4 is 0 Å². The Morgan fingerprint density at radius 3 is 2.60 bits per heavy atom. The van der Waals surface area contributed by atoms with Gasteiger partial charge >= 0.3 is 0 Å². The van der Waals surface area contributed by atoms with Gasteiger partial charge in [-0.25, -0.2) is 0 Å². The van der Waals surface area contributed by atoms with E-state index in [0.29, 0.717) is 17.6 Å². The lowest BCUT2D eigenvalue weighted by Crippen LogP contribution is -2.64. The summed E-state index contributed by atoms with van der Waals surface area (Å²) in [6.07, 6.45) is 8.34. The van der Waals surface area contributed by atoms with Crippen molar-refractivity contribution in [1.82, 2.24) is 5.32 Å². The highest BCUT2D eigenvalue weighted by atomic mass is 16.5. The lowest BCUT2D eigenvalue weighted by atomic mass is 9.55. The summed E-state index contributed by atoms with van der Waals surface area (Å²) in [5, 5.41) is 3.52. The van der Waals surface area contributed by atoms with Crippen LogP contribution in [0.5, 0.6) is 5.75 Å². The van der Waals surface area contributed by atoms with Crippen molar-refractivity contribution in [3.63, 3.8) is 0 Å². The first-order valence-electron chi connectivity index (χ1n) is 8.07. The van der Waals surface area contributed by atoms with Crippen LogP contribution in [0.1, 0.15) is 49.7 Å². The van der Waals surface area contributed by atoms with Crippen LogP contribution in [0.2, 0.25) is 0 Å². The van der Waals surface area contributed by atoms with Crippen molar-refractivity contribution in [2.75, 3.05) is 7.05 Å². The Labute approximate surface area is 122 Å². The van der Waals surface area contributed by atoms with E-state index in [1.165, 1.54) is 43.2 Å². The van der Waals surface area contributed by atoms with Crippen LogP contribution in [0, 0.1) is 19.3 Å². The van der Waals surface area contributed by atoms with Gasteiger partial charge in [0.2, 0.25) is 0 Å². The van der Waals surface area contributed by atoms with E-state index in [9.17, 15) is 0 Å². The molecule has 20 heavy (non-hydrogen) atoms. The second-order valence-corrected chi connectivity index (χ2v) is 6.68. The summed E-state index contributed by atoms with van der Waals surface area (Å²) in [6, 6.07) is 7.05. The zero-order chi connectivity index (χ0) is 14.2. The van der Waals surface area contributed by atoms with Gasteiger partial charge in [-0.1, -0.05) is 31.4 Å². The molecule has 2 atom stereocenters. The largest absolute Gasteiger partial charge is 0.489 e. The van der Waals surface area contributed by atoms with Gasteiger partial charge in [-0.05, 0) is 50.9 Å². The van der Waals surface area contributed by atoms with Gasteiger partial charge in [0.25, 0.3) is 0 Å². The third-order valence-corrected chi connectivity index (χ3v) is 5.74. The molecule has 0 aliphatic heterocycles. The highest BCUT2D eigenvalue weighted by molar-refractivity contribution is 5.38. The van der Waals surface area contributed by atoms with Crippen molar-refractivity contribution in [1.29, 1.82) is 0 Å². The summed E-state index contributed by atoms with van der Waals surface area (Å²) < 4.78 is 6.45. The lowest BCUT2D eigenvalue weighted by molar-refractivity contribution is -0.101. The number of benzene rings is 1. The Morgan fingerprint density at radius 1 is 1.15 bits per heavy atom. The van der Waals surface area contributed by atoms with Crippen LogP contribution in [0.15, 0.2) is 18.2 Å². The van der Waals surface area contributed by atoms with Crippen molar-refractivity contribution in [3.05, 3.63) is 29.3 Å². The van der Waals surface area contributed by atoms with Gasteiger partial charge in [0.05, 0.1) is 0 Å². The predicted octanol–water partition coefficient (Wildman–Crippen LogP) is 3.99. The molecular weight excluding hydrogens is 246 g/mol. The predicted molar refractivity (Wildman–Crippen MR) is 83.3 cm³/mol. The molecule has 2 saturated carbocycles. The standard InChI is InChI=1S/C18H27NO/c1-13-8-7-9-15(14(13)2)20-17-12-16(19-3)18(17)10-5-4-6-11-18/h7-9,16-17,19H,4-6,10-12H2,1-3H3. The first-order chi connectivity index (χ1) is 9.67. The Balaban J connectivity index is 1.79. The molecule has 110 valence electrons. The molecular formula is C18H27NO. The third-order valence-electron chi connectivity index (χ3n) is 5.74. The molecule has 2 fully saturated rings. The van der Waals surface area contributed by atoms with Crippen LogP contribution in [-0.4, -0.2) is 19.2 Å². The van der Waals surface area contributed by atoms with Gasteiger partial charge in [0.15, 0.2) is 0 Å². The van der Waals surface area contributed by atoms with Crippen LogP contribution >= 0.6 is 0 Å². The van der Waals surface area contributed by atoms with Gasteiger partial charge < -0.3 is 10.1 Å². The molecule has 2 aliphatic carbocycles. The quantitative estimate of drug-likeness (QED) is 0.899. The van der Waals surface area contributed by atoms with Crippen LogP contribution in [0.3, 0.4) is 0 Å². The molecule has 0 aromatic heterocycles. The minimum Gasteiger partial charge on any atom is -0.489 e. The van der Waals surface area contributed by atoms with Gasteiger partial charge in [-0.2, -0.15) is 0 Å². The Kier molecular flexibility index (Phi) is 3.76. The second kappa shape index (κ2) is 5.40. The van der Waals surface area contributed by atoms with E-state index in [-0.39, 0.29) is 0 Å². The van der Waals surface area contributed by atoms with Gasteiger partial charge in [-0.3, -0.25) is 0 Å². The minimum atomic E-state index is 0.392. The summed E-state index contributed by atoms with van der Waals surface area (Å²) >= 11 is 0. The fourth-order valence-corrected chi connectivity index (χ4v) is 4.20. The van der Waals surface area contributed by atoms with Crippen LogP contribution in [0.25, 0.3) is 0 Å². The number of rotatable bonds is 3. The molecule has 1 spiro atoms. The second-order valence-electron chi connectivity index (χ2n) is 6.68. The molecule has 1 aromatic carbocycles. The van der Waals surface area contributed by atoms with Gasteiger partial charge in [0.1, 0.15) is 11.9 Å². The third kappa shape index (κ3) is 2.14. The number of hydrogen-bond donors (Lipinski definition) is 1. The molecule has 2 aliphatic rings. The lowest BCUT2D eigenvalue weighted by Gasteiger charge is -2.57. The molecule has 1 N–H and O–H groups in total. The van der Waals surface area contributed by atoms with E-state index < -0.39 is 0 Å². The number of hydrogen-bond acceptors (Lipinski definition) is 2. The fourth-order valence-electron chi connectivity index (χ4n) is 4.20. The first kappa shape index (κ1) is 13.9. The summed E-state index contributed by atoms with van der Waals surface area (Å²) in [4.78, 5) is 0.